The van der Waals surface area contributed by atoms with Gasteiger partial charge in [-0.2, -0.15) is 0 Å². The summed E-state index contributed by atoms with van der Waals surface area (Å²) in [6, 6.07) is 0.906. The van der Waals surface area contributed by atoms with Crippen LogP contribution in [0.15, 0.2) is 12.4 Å². The summed E-state index contributed by atoms with van der Waals surface area (Å²) in [6.07, 6.45) is 10.3. The lowest BCUT2D eigenvalue weighted by Gasteiger charge is -2.35. The van der Waals surface area contributed by atoms with E-state index < -0.39 is 0 Å². The third kappa shape index (κ3) is 2.92. The van der Waals surface area contributed by atoms with Crippen LogP contribution >= 0.6 is 0 Å². The molecule has 0 radical (unpaired) electrons. The number of carbonyl (C=O) groups is 1. The van der Waals surface area contributed by atoms with Gasteiger partial charge >= 0.3 is 0 Å². The van der Waals surface area contributed by atoms with Crippen LogP contribution in [0.5, 0.6) is 0 Å². The Kier molecular flexibility index (Phi) is 3.85. The number of piperidine rings is 1. The number of amides is 1. The van der Waals surface area contributed by atoms with Gasteiger partial charge in [0.05, 0.1) is 5.56 Å². The van der Waals surface area contributed by atoms with Crippen molar-refractivity contribution in [2.75, 3.05) is 11.4 Å². The Bertz CT molecular complexity index is 469. The molecule has 1 aromatic heterocycles. The smallest absolute Gasteiger partial charge is 0.254 e. The average molecular weight is 274 g/mol. The highest BCUT2D eigenvalue weighted by molar-refractivity contribution is 5.94. The molecule has 0 bridgehead atoms. The van der Waals surface area contributed by atoms with E-state index >= 15 is 0 Å². The first-order valence-electron chi connectivity index (χ1n) is 7.67. The van der Waals surface area contributed by atoms with Crippen LogP contribution < -0.4 is 10.2 Å². The Morgan fingerprint density at radius 3 is 2.70 bits per heavy atom. The summed E-state index contributed by atoms with van der Waals surface area (Å²) in [5.41, 5.74) is 0.561. The Hall–Kier alpha value is -1.65. The molecule has 1 aliphatic carbocycles. The Labute approximate surface area is 119 Å². The van der Waals surface area contributed by atoms with Gasteiger partial charge in [0.15, 0.2) is 0 Å². The number of anilines is 1. The number of aromatic nitrogens is 2. The zero-order valence-corrected chi connectivity index (χ0v) is 12.0. The maximum absolute atomic E-state index is 11.9. The number of rotatable bonds is 4. The van der Waals surface area contributed by atoms with Crippen molar-refractivity contribution in [1.29, 1.82) is 0 Å². The van der Waals surface area contributed by atoms with Gasteiger partial charge in [0.25, 0.3) is 5.91 Å². The summed E-state index contributed by atoms with van der Waals surface area (Å²) in [5, 5.41) is 2.96. The van der Waals surface area contributed by atoms with Crippen molar-refractivity contribution < 1.29 is 4.79 Å². The fourth-order valence-corrected chi connectivity index (χ4v) is 2.77. The van der Waals surface area contributed by atoms with Crippen LogP contribution in [-0.4, -0.2) is 34.5 Å². The molecule has 2 aliphatic rings. The fraction of sp³-hybridized carbons (Fsp3) is 0.667. The Morgan fingerprint density at radius 2 is 2.05 bits per heavy atom. The first-order valence-corrected chi connectivity index (χ1v) is 7.67. The second kappa shape index (κ2) is 5.77. The molecule has 3 rings (SSSR count). The maximum Gasteiger partial charge on any atom is 0.254 e. The second-order valence-corrected chi connectivity index (χ2v) is 5.77. The quantitative estimate of drug-likeness (QED) is 0.914. The first kappa shape index (κ1) is 13.3. The van der Waals surface area contributed by atoms with Crippen molar-refractivity contribution in [3.05, 3.63) is 18.0 Å². The van der Waals surface area contributed by atoms with Crippen molar-refractivity contribution >= 4 is 11.9 Å². The van der Waals surface area contributed by atoms with Crippen molar-refractivity contribution in [2.24, 2.45) is 0 Å². The van der Waals surface area contributed by atoms with Crippen LogP contribution in [0, 0.1) is 0 Å². The molecule has 1 saturated heterocycles. The van der Waals surface area contributed by atoms with Crippen molar-refractivity contribution in [3.63, 3.8) is 0 Å². The summed E-state index contributed by atoms with van der Waals surface area (Å²) >= 11 is 0. The molecule has 5 heteroatoms. The standard InChI is InChI=1S/C15H22N4O/c1-2-13-5-3-4-8-19(13)15-16-9-11(10-17-15)14(20)18-12-6-7-12/h9-10,12-13H,2-8H2,1H3,(H,18,20). The van der Waals surface area contributed by atoms with E-state index in [2.05, 4.69) is 27.1 Å². The molecule has 1 atom stereocenters. The minimum atomic E-state index is -0.0512. The zero-order chi connectivity index (χ0) is 13.9. The van der Waals surface area contributed by atoms with E-state index in [1.54, 1.807) is 12.4 Å². The van der Waals surface area contributed by atoms with Crippen LogP contribution in [0.2, 0.25) is 0 Å². The average Bonchev–Trinajstić information content (AvgIpc) is 3.31. The molecule has 0 spiro atoms. The molecule has 1 aromatic rings. The number of nitrogens with zero attached hydrogens (tertiary/aromatic N) is 3. The molecule has 1 saturated carbocycles. The van der Waals surface area contributed by atoms with Crippen LogP contribution in [0.1, 0.15) is 55.8 Å². The van der Waals surface area contributed by atoms with E-state index in [-0.39, 0.29) is 5.91 Å². The van der Waals surface area contributed by atoms with Gasteiger partial charge in [-0.05, 0) is 38.5 Å². The van der Waals surface area contributed by atoms with Gasteiger partial charge in [-0.25, -0.2) is 9.97 Å². The molecule has 1 unspecified atom stereocenters. The first-order chi connectivity index (χ1) is 9.78. The molecule has 5 nitrogen and oxygen atoms in total. The number of carbonyl (C=O) groups excluding carboxylic acids is 1. The molecule has 1 N–H and O–H groups in total. The SMILES string of the molecule is CCC1CCCCN1c1ncc(C(=O)NC2CC2)cn1. The molecule has 1 aliphatic heterocycles. The normalized spacial score (nSPS) is 22.6. The molecule has 20 heavy (non-hydrogen) atoms. The van der Waals surface area contributed by atoms with Gasteiger partial charge in [-0.3, -0.25) is 4.79 Å². The monoisotopic (exact) mass is 274 g/mol. The van der Waals surface area contributed by atoms with Gasteiger partial charge in [0, 0.05) is 31.0 Å². The highest BCUT2D eigenvalue weighted by Gasteiger charge is 2.25. The van der Waals surface area contributed by atoms with Crippen LogP contribution in [0.4, 0.5) is 5.95 Å². The molecular weight excluding hydrogens is 252 g/mol. The minimum Gasteiger partial charge on any atom is -0.349 e. The lowest BCUT2D eigenvalue weighted by atomic mass is 10.0. The van der Waals surface area contributed by atoms with Crippen molar-refractivity contribution in [1.82, 2.24) is 15.3 Å². The minimum absolute atomic E-state index is 0.0512. The molecule has 108 valence electrons. The van der Waals surface area contributed by atoms with Gasteiger partial charge in [-0.1, -0.05) is 6.92 Å². The predicted molar refractivity (Wildman–Crippen MR) is 77.8 cm³/mol. The Balaban J connectivity index is 1.69. The van der Waals surface area contributed by atoms with Crippen LogP contribution in [-0.2, 0) is 0 Å². The topological polar surface area (TPSA) is 58.1 Å². The summed E-state index contributed by atoms with van der Waals surface area (Å²) < 4.78 is 0. The van der Waals surface area contributed by atoms with Crippen molar-refractivity contribution in [3.8, 4) is 0 Å². The van der Waals surface area contributed by atoms with Gasteiger partial charge < -0.3 is 10.2 Å². The lowest BCUT2D eigenvalue weighted by molar-refractivity contribution is 0.0950. The largest absolute Gasteiger partial charge is 0.349 e. The van der Waals surface area contributed by atoms with Crippen LogP contribution in [0.25, 0.3) is 0 Å². The summed E-state index contributed by atoms with van der Waals surface area (Å²) in [6.45, 7) is 3.23. The highest BCUT2D eigenvalue weighted by atomic mass is 16.1. The summed E-state index contributed by atoms with van der Waals surface area (Å²) in [4.78, 5) is 23.0. The lowest BCUT2D eigenvalue weighted by Crippen LogP contribution is -2.40. The highest BCUT2D eigenvalue weighted by Crippen LogP contribution is 2.23. The van der Waals surface area contributed by atoms with Gasteiger partial charge in [0.1, 0.15) is 0 Å². The van der Waals surface area contributed by atoms with Gasteiger partial charge in [0.2, 0.25) is 5.95 Å². The summed E-state index contributed by atoms with van der Waals surface area (Å²) in [7, 11) is 0. The molecule has 2 fully saturated rings. The Morgan fingerprint density at radius 1 is 1.30 bits per heavy atom. The third-order valence-corrected chi connectivity index (χ3v) is 4.17. The predicted octanol–water partition coefficient (Wildman–Crippen LogP) is 2.14. The fourth-order valence-electron chi connectivity index (χ4n) is 2.77. The number of nitrogens with one attached hydrogen (secondary N) is 1. The number of hydrogen-bond acceptors (Lipinski definition) is 4. The van der Waals surface area contributed by atoms with E-state index in [1.165, 1.54) is 19.3 Å². The van der Waals surface area contributed by atoms with E-state index in [0.29, 0.717) is 17.6 Å². The van der Waals surface area contributed by atoms with E-state index in [4.69, 9.17) is 0 Å². The maximum atomic E-state index is 11.9. The third-order valence-electron chi connectivity index (χ3n) is 4.17. The zero-order valence-electron chi connectivity index (χ0n) is 12.0. The molecular formula is C15H22N4O. The number of hydrogen-bond donors (Lipinski definition) is 1. The van der Waals surface area contributed by atoms with Crippen molar-refractivity contribution in [2.45, 2.75) is 57.5 Å². The second-order valence-electron chi connectivity index (χ2n) is 5.77. The van der Waals surface area contributed by atoms with E-state index in [1.807, 2.05) is 0 Å². The van der Waals surface area contributed by atoms with Crippen LogP contribution in [0.3, 0.4) is 0 Å². The summed E-state index contributed by atoms with van der Waals surface area (Å²) in [5.74, 6) is 0.712. The molecule has 0 aromatic carbocycles. The van der Waals surface area contributed by atoms with Gasteiger partial charge in [-0.15, -0.1) is 0 Å². The van der Waals surface area contributed by atoms with E-state index in [0.717, 1.165) is 31.8 Å². The van der Waals surface area contributed by atoms with E-state index in [9.17, 15) is 4.79 Å². The molecule has 1 amide bonds. The molecule has 2 heterocycles.